The third-order valence-corrected chi connectivity index (χ3v) is 3.69. The van der Waals surface area contributed by atoms with Crippen molar-refractivity contribution in [2.24, 2.45) is 9.98 Å². The Balaban J connectivity index is 3.36. The largest absolute Gasteiger partial charge is 0.252 e. The lowest BCUT2D eigenvalue weighted by atomic mass is 10.1. The predicted molar refractivity (Wildman–Crippen MR) is 95.1 cm³/mol. The smallest absolute Gasteiger partial charge is 0.160 e. The fraction of sp³-hybridized carbons (Fsp3) is 0.294. The van der Waals surface area contributed by atoms with Gasteiger partial charge in [-0.3, -0.25) is 4.99 Å². The molecule has 1 aromatic carbocycles. The Hall–Kier alpha value is -1.52. The zero-order valence-electron chi connectivity index (χ0n) is 13.4. The lowest BCUT2D eigenvalue weighted by Crippen LogP contribution is -2.08. The van der Waals surface area contributed by atoms with Gasteiger partial charge in [-0.1, -0.05) is 42.3 Å². The third kappa shape index (κ3) is 5.26. The van der Waals surface area contributed by atoms with Gasteiger partial charge in [0.1, 0.15) is 10.3 Å². The van der Waals surface area contributed by atoms with E-state index in [0.717, 1.165) is 12.1 Å². The Kier molecular flexibility index (Phi) is 7.59. The fourth-order valence-electron chi connectivity index (χ4n) is 1.85. The summed E-state index contributed by atoms with van der Waals surface area (Å²) >= 11 is 12.1. The second kappa shape index (κ2) is 8.94. The maximum absolute atomic E-state index is 13.4. The summed E-state index contributed by atoms with van der Waals surface area (Å²) in [6, 6.07) is 2.18. The minimum Gasteiger partial charge on any atom is -0.252 e. The molecule has 124 valence electrons. The monoisotopic (exact) mass is 358 g/mol. The van der Waals surface area contributed by atoms with Crippen LogP contribution in [-0.2, 0) is 0 Å². The first kappa shape index (κ1) is 19.5. The summed E-state index contributed by atoms with van der Waals surface area (Å²) in [5, 5.41) is 0.449. The van der Waals surface area contributed by atoms with Crippen LogP contribution in [0.1, 0.15) is 32.8 Å². The summed E-state index contributed by atoms with van der Waals surface area (Å²) in [4.78, 5) is 8.47. The Bertz CT molecular complexity index is 705. The molecule has 6 heteroatoms. The number of allylic oxidation sites excluding steroid dienone is 3. The highest BCUT2D eigenvalue weighted by Crippen LogP contribution is 2.24. The normalized spacial score (nSPS) is 14.4. The molecule has 0 fully saturated rings. The number of aliphatic imine (C=N–C) groups is 2. The van der Waals surface area contributed by atoms with Gasteiger partial charge in [0.2, 0.25) is 0 Å². The number of aryl methyl sites for hydroxylation is 1. The molecule has 0 unspecified atom stereocenters. The molecule has 1 rings (SSSR count). The molecule has 0 bridgehead atoms. The van der Waals surface area contributed by atoms with Crippen LogP contribution in [0.3, 0.4) is 0 Å². The summed E-state index contributed by atoms with van der Waals surface area (Å²) in [7, 11) is 0. The van der Waals surface area contributed by atoms with Gasteiger partial charge in [-0.15, -0.1) is 0 Å². The van der Waals surface area contributed by atoms with Crippen LogP contribution in [0.4, 0.5) is 14.5 Å². The minimum atomic E-state index is -0.941. The SMILES string of the molecule is C\C=C(C(CC)=Nc1cc(F)c(F)cc1C)/C(Cl)=N\C(Cl)=C/C. The fourth-order valence-corrected chi connectivity index (χ4v) is 2.29. The number of benzene rings is 1. The zero-order valence-corrected chi connectivity index (χ0v) is 14.9. The molecular formula is C17H18Cl2F2N2. The lowest BCUT2D eigenvalue weighted by Gasteiger charge is -2.09. The molecule has 0 spiro atoms. The second-order valence-corrected chi connectivity index (χ2v) is 5.43. The van der Waals surface area contributed by atoms with Crippen LogP contribution in [0, 0.1) is 18.6 Å². The summed E-state index contributed by atoms with van der Waals surface area (Å²) in [5.41, 5.74) is 2.08. The molecule has 1 aromatic rings. The Morgan fingerprint density at radius 2 is 1.74 bits per heavy atom. The van der Waals surface area contributed by atoms with Crippen molar-refractivity contribution in [2.45, 2.75) is 34.1 Å². The number of hydrogen-bond acceptors (Lipinski definition) is 2. The van der Waals surface area contributed by atoms with Gasteiger partial charge in [0.05, 0.1) is 11.4 Å². The topological polar surface area (TPSA) is 24.7 Å². The van der Waals surface area contributed by atoms with Crippen LogP contribution in [0.15, 0.2) is 45.0 Å². The van der Waals surface area contributed by atoms with Crippen LogP contribution in [-0.4, -0.2) is 10.9 Å². The molecular weight excluding hydrogens is 341 g/mol. The van der Waals surface area contributed by atoms with Crippen LogP contribution < -0.4 is 0 Å². The Labute approximate surface area is 145 Å². The van der Waals surface area contributed by atoms with Gasteiger partial charge >= 0.3 is 0 Å². The minimum absolute atomic E-state index is 0.191. The quantitative estimate of drug-likeness (QED) is 0.427. The highest BCUT2D eigenvalue weighted by Gasteiger charge is 2.13. The van der Waals surface area contributed by atoms with Crippen molar-refractivity contribution in [3.63, 3.8) is 0 Å². The van der Waals surface area contributed by atoms with E-state index < -0.39 is 11.6 Å². The molecule has 2 nitrogen and oxygen atoms in total. The molecule has 0 saturated carbocycles. The average molecular weight is 359 g/mol. The van der Waals surface area contributed by atoms with E-state index in [1.165, 1.54) is 0 Å². The first-order chi connectivity index (χ1) is 10.8. The van der Waals surface area contributed by atoms with E-state index in [2.05, 4.69) is 9.98 Å². The lowest BCUT2D eigenvalue weighted by molar-refractivity contribution is 0.508. The average Bonchev–Trinajstić information content (AvgIpc) is 2.51. The maximum atomic E-state index is 13.4. The van der Waals surface area contributed by atoms with E-state index in [4.69, 9.17) is 23.2 Å². The van der Waals surface area contributed by atoms with E-state index in [-0.39, 0.29) is 10.3 Å². The van der Waals surface area contributed by atoms with Crippen molar-refractivity contribution in [3.8, 4) is 0 Å². The van der Waals surface area contributed by atoms with Gasteiger partial charge in [0.15, 0.2) is 11.6 Å². The van der Waals surface area contributed by atoms with Crippen molar-refractivity contribution in [3.05, 3.63) is 52.2 Å². The predicted octanol–water partition coefficient (Wildman–Crippen LogP) is 6.44. The molecule has 23 heavy (non-hydrogen) atoms. The highest BCUT2D eigenvalue weighted by molar-refractivity contribution is 6.73. The van der Waals surface area contributed by atoms with E-state index in [1.54, 1.807) is 32.9 Å². The van der Waals surface area contributed by atoms with Crippen LogP contribution in [0.2, 0.25) is 0 Å². The van der Waals surface area contributed by atoms with E-state index in [0.29, 0.717) is 29.0 Å². The molecule has 0 heterocycles. The van der Waals surface area contributed by atoms with Crippen molar-refractivity contribution in [1.29, 1.82) is 0 Å². The molecule has 0 aliphatic heterocycles. The molecule has 0 saturated heterocycles. The summed E-state index contributed by atoms with van der Waals surface area (Å²) < 4.78 is 26.7. The highest BCUT2D eigenvalue weighted by atomic mass is 35.5. The molecule has 0 aromatic heterocycles. The van der Waals surface area contributed by atoms with Crippen molar-refractivity contribution in [1.82, 2.24) is 0 Å². The molecule has 0 amide bonds. The van der Waals surface area contributed by atoms with Crippen LogP contribution in [0.25, 0.3) is 0 Å². The van der Waals surface area contributed by atoms with Gasteiger partial charge in [-0.05, 0) is 38.8 Å². The number of halogens is 4. The number of rotatable bonds is 5. The second-order valence-electron chi connectivity index (χ2n) is 4.68. The van der Waals surface area contributed by atoms with Gasteiger partial charge in [-0.25, -0.2) is 13.8 Å². The van der Waals surface area contributed by atoms with E-state index in [9.17, 15) is 8.78 Å². The van der Waals surface area contributed by atoms with Crippen molar-refractivity contribution >= 4 is 39.8 Å². The number of nitrogens with zero attached hydrogens (tertiary/aromatic N) is 2. The molecule has 0 atom stereocenters. The molecule has 0 aliphatic rings. The van der Waals surface area contributed by atoms with E-state index in [1.807, 2.05) is 6.92 Å². The van der Waals surface area contributed by atoms with Gasteiger partial charge in [-0.2, -0.15) is 0 Å². The summed E-state index contributed by atoms with van der Waals surface area (Å²) in [6.45, 7) is 7.08. The van der Waals surface area contributed by atoms with Gasteiger partial charge in [0.25, 0.3) is 0 Å². The maximum Gasteiger partial charge on any atom is 0.160 e. The molecule has 0 aliphatic carbocycles. The Morgan fingerprint density at radius 1 is 1.13 bits per heavy atom. The Morgan fingerprint density at radius 3 is 2.26 bits per heavy atom. The van der Waals surface area contributed by atoms with Gasteiger partial charge < -0.3 is 0 Å². The standard InChI is InChI=1S/C17H18Cl2F2N2/c1-5-11(17(19)23-16(18)7-3)14(6-2)22-15-9-13(21)12(20)8-10(15)4/h5,7-9H,6H2,1-4H3/b11-5-,16-7-,22-14?,23-17+. The van der Waals surface area contributed by atoms with Crippen molar-refractivity contribution in [2.75, 3.05) is 0 Å². The summed E-state index contributed by atoms with van der Waals surface area (Å²) in [6.07, 6.45) is 3.90. The van der Waals surface area contributed by atoms with Crippen LogP contribution >= 0.6 is 23.2 Å². The zero-order chi connectivity index (χ0) is 17.6. The third-order valence-electron chi connectivity index (χ3n) is 3.09. The van der Waals surface area contributed by atoms with Crippen LogP contribution in [0.5, 0.6) is 0 Å². The first-order valence-corrected chi connectivity index (χ1v) is 7.85. The van der Waals surface area contributed by atoms with E-state index >= 15 is 0 Å². The van der Waals surface area contributed by atoms with Gasteiger partial charge in [0, 0.05) is 11.6 Å². The molecule has 0 N–H and O–H groups in total. The number of hydrogen-bond donors (Lipinski definition) is 0. The summed E-state index contributed by atoms with van der Waals surface area (Å²) in [5.74, 6) is -1.84. The molecule has 0 radical (unpaired) electrons. The van der Waals surface area contributed by atoms with Crippen molar-refractivity contribution < 1.29 is 8.78 Å². The first-order valence-electron chi connectivity index (χ1n) is 7.10.